The molecule has 4 heteroatoms. The largest absolute Gasteiger partial charge is 0.481 e. The maximum absolute atomic E-state index is 11.9. The van der Waals surface area contributed by atoms with Gasteiger partial charge in [0.2, 0.25) is 5.91 Å². The van der Waals surface area contributed by atoms with Crippen molar-refractivity contribution in [3.63, 3.8) is 0 Å². The molecule has 1 aliphatic heterocycles. The van der Waals surface area contributed by atoms with Crippen LogP contribution in [0.2, 0.25) is 0 Å². The molecule has 90 valence electrons. The smallest absolute Gasteiger partial charge is 0.307 e. The summed E-state index contributed by atoms with van der Waals surface area (Å²) in [5.41, 5.74) is 0. The van der Waals surface area contributed by atoms with E-state index in [1.807, 2.05) is 4.90 Å². The Kier molecular flexibility index (Phi) is 3.17. The van der Waals surface area contributed by atoms with Crippen LogP contribution >= 0.6 is 0 Å². The van der Waals surface area contributed by atoms with Gasteiger partial charge in [-0.3, -0.25) is 9.59 Å². The first kappa shape index (κ1) is 11.4. The third-order valence-corrected chi connectivity index (χ3v) is 3.72. The average molecular weight is 225 g/mol. The molecule has 0 aromatic heterocycles. The van der Waals surface area contributed by atoms with Crippen LogP contribution in [0.4, 0.5) is 0 Å². The number of carbonyl (C=O) groups excluding carboxylic acids is 1. The molecule has 0 aromatic rings. The number of nitrogens with zero attached hydrogens (tertiary/aromatic N) is 1. The molecule has 2 rings (SSSR count). The minimum absolute atomic E-state index is 0.0750. The van der Waals surface area contributed by atoms with Crippen LogP contribution in [-0.4, -0.2) is 35.0 Å². The number of hydrogen-bond donors (Lipinski definition) is 1. The van der Waals surface area contributed by atoms with Gasteiger partial charge in [-0.15, -0.1) is 0 Å². The van der Waals surface area contributed by atoms with Gasteiger partial charge in [-0.05, 0) is 25.2 Å². The molecule has 0 radical (unpaired) electrons. The minimum atomic E-state index is -0.817. The molecule has 3 unspecified atom stereocenters. The third-order valence-electron chi connectivity index (χ3n) is 3.72. The number of likely N-dealkylation sites (tertiary alicyclic amines) is 1. The standard InChI is InChI=1S/C12H19NO3/c1-2-3-8-4-5-13(7-8)11(14)9-6-10(9)12(15)16/h8-10H,2-7H2,1H3,(H,15,16). The van der Waals surface area contributed by atoms with Crippen LogP contribution in [0.5, 0.6) is 0 Å². The molecule has 0 bridgehead atoms. The third kappa shape index (κ3) is 2.20. The average Bonchev–Trinajstić information content (AvgIpc) is 2.92. The first-order valence-corrected chi connectivity index (χ1v) is 6.15. The molecule has 2 fully saturated rings. The maximum Gasteiger partial charge on any atom is 0.307 e. The van der Waals surface area contributed by atoms with Gasteiger partial charge in [0, 0.05) is 13.1 Å². The van der Waals surface area contributed by atoms with E-state index in [1.54, 1.807) is 0 Å². The molecule has 1 N–H and O–H groups in total. The Hall–Kier alpha value is -1.06. The molecule has 0 aromatic carbocycles. The van der Waals surface area contributed by atoms with Crippen LogP contribution in [0.25, 0.3) is 0 Å². The fourth-order valence-corrected chi connectivity index (χ4v) is 2.65. The SMILES string of the molecule is CCCC1CCN(C(=O)C2CC2C(=O)O)C1. The van der Waals surface area contributed by atoms with E-state index in [-0.39, 0.29) is 11.8 Å². The van der Waals surface area contributed by atoms with E-state index in [4.69, 9.17) is 5.11 Å². The number of aliphatic carboxylic acids is 1. The van der Waals surface area contributed by atoms with Gasteiger partial charge >= 0.3 is 5.97 Å². The van der Waals surface area contributed by atoms with Crippen molar-refractivity contribution in [3.8, 4) is 0 Å². The molecule has 4 nitrogen and oxygen atoms in total. The summed E-state index contributed by atoms with van der Waals surface area (Å²) in [6, 6.07) is 0. The van der Waals surface area contributed by atoms with Crippen molar-refractivity contribution in [3.05, 3.63) is 0 Å². The highest BCUT2D eigenvalue weighted by atomic mass is 16.4. The Morgan fingerprint density at radius 3 is 2.69 bits per heavy atom. The Morgan fingerprint density at radius 1 is 1.38 bits per heavy atom. The normalized spacial score (nSPS) is 32.8. The maximum atomic E-state index is 11.9. The summed E-state index contributed by atoms with van der Waals surface area (Å²) in [4.78, 5) is 24.5. The summed E-state index contributed by atoms with van der Waals surface area (Å²) in [6.07, 6.45) is 3.97. The van der Waals surface area contributed by atoms with Crippen molar-refractivity contribution in [2.75, 3.05) is 13.1 Å². The molecule has 2 aliphatic rings. The molecule has 16 heavy (non-hydrogen) atoms. The summed E-state index contributed by atoms with van der Waals surface area (Å²) in [7, 11) is 0. The van der Waals surface area contributed by atoms with Crippen LogP contribution < -0.4 is 0 Å². The number of rotatable bonds is 4. The molecular weight excluding hydrogens is 206 g/mol. The summed E-state index contributed by atoms with van der Waals surface area (Å²) < 4.78 is 0. The fourth-order valence-electron chi connectivity index (χ4n) is 2.65. The van der Waals surface area contributed by atoms with Crippen LogP contribution in [0.1, 0.15) is 32.6 Å². The summed E-state index contributed by atoms with van der Waals surface area (Å²) >= 11 is 0. The van der Waals surface area contributed by atoms with Gasteiger partial charge < -0.3 is 10.0 Å². The molecule has 1 saturated heterocycles. The highest BCUT2D eigenvalue weighted by Gasteiger charge is 2.50. The van der Waals surface area contributed by atoms with Crippen molar-refractivity contribution < 1.29 is 14.7 Å². The van der Waals surface area contributed by atoms with E-state index < -0.39 is 11.9 Å². The predicted octanol–water partition coefficient (Wildman–Crippen LogP) is 1.36. The van der Waals surface area contributed by atoms with Crippen molar-refractivity contribution in [2.45, 2.75) is 32.6 Å². The lowest BCUT2D eigenvalue weighted by Crippen LogP contribution is -2.31. The van der Waals surface area contributed by atoms with Crippen LogP contribution in [0, 0.1) is 17.8 Å². The zero-order chi connectivity index (χ0) is 11.7. The van der Waals surface area contributed by atoms with Gasteiger partial charge in [-0.1, -0.05) is 13.3 Å². The zero-order valence-corrected chi connectivity index (χ0v) is 9.69. The second-order valence-electron chi connectivity index (χ2n) is 5.01. The van der Waals surface area contributed by atoms with Gasteiger partial charge in [0.25, 0.3) is 0 Å². The Morgan fingerprint density at radius 2 is 2.12 bits per heavy atom. The quantitative estimate of drug-likeness (QED) is 0.785. The molecule has 0 spiro atoms. The summed E-state index contributed by atoms with van der Waals surface area (Å²) in [5.74, 6) is -0.736. The van der Waals surface area contributed by atoms with E-state index in [1.165, 1.54) is 6.42 Å². The van der Waals surface area contributed by atoms with Gasteiger partial charge in [-0.25, -0.2) is 0 Å². The van der Waals surface area contributed by atoms with E-state index in [0.717, 1.165) is 25.9 Å². The lowest BCUT2D eigenvalue weighted by molar-refractivity contribution is -0.141. The summed E-state index contributed by atoms with van der Waals surface area (Å²) in [5, 5.41) is 8.78. The number of amides is 1. The summed E-state index contributed by atoms with van der Waals surface area (Å²) in [6.45, 7) is 3.83. The van der Waals surface area contributed by atoms with E-state index in [2.05, 4.69) is 6.92 Å². The second-order valence-corrected chi connectivity index (χ2v) is 5.01. The monoisotopic (exact) mass is 225 g/mol. The number of carbonyl (C=O) groups is 2. The van der Waals surface area contributed by atoms with Crippen molar-refractivity contribution >= 4 is 11.9 Å². The van der Waals surface area contributed by atoms with Crippen LogP contribution in [0.3, 0.4) is 0 Å². The topological polar surface area (TPSA) is 57.6 Å². The highest BCUT2D eigenvalue weighted by molar-refractivity contribution is 5.89. The lowest BCUT2D eigenvalue weighted by atomic mass is 10.0. The molecule has 1 amide bonds. The molecule has 1 heterocycles. The van der Waals surface area contributed by atoms with Crippen molar-refractivity contribution in [2.24, 2.45) is 17.8 Å². The first-order chi connectivity index (χ1) is 7.63. The zero-order valence-electron chi connectivity index (χ0n) is 9.69. The van der Waals surface area contributed by atoms with Crippen molar-refractivity contribution in [1.29, 1.82) is 0 Å². The molecule has 3 atom stereocenters. The van der Waals surface area contributed by atoms with E-state index >= 15 is 0 Å². The fraction of sp³-hybridized carbons (Fsp3) is 0.833. The number of hydrogen-bond acceptors (Lipinski definition) is 2. The highest BCUT2D eigenvalue weighted by Crippen LogP contribution is 2.41. The van der Waals surface area contributed by atoms with Crippen molar-refractivity contribution in [1.82, 2.24) is 4.90 Å². The van der Waals surface area contributed by atoms with Gasteiger partial charge in [0.1, 0.15) is 0 Å². The van der Waals surface area contributed by atoms with Crippen LogP contribution in [-0.2, 0) is 9.59 Å². The lowest BCUT2D eigenvalue weighted by Gasteiger charge is -2.16. The van der Waals surface area contributed by atoms with Crippen LogP contribution in [0.15, 0.2) is 0 Å². The van der Waals surface area contributed by atoms with Gasteiger partial charge in [0.15, 0.2) is 0 Å². The molecule has 1 aliphatic carbocycles. The first-order valence-electron chi connectivity index (χ1n) is 6.15. The predicted molar refractivity (Wildman–Crippen MR) is 58.8 cm³/mol. The Bertz CT molecular complexity index is 303. The minimum Gasteiger partial charge on any atom is -0.481 e. The molecule has 1 saturated carbocycles. The van der Waals surface area contributed by atoms with E-state index in [9.17, 15) is 9.59 Å². The van der Waals surface area contributed by atoms with E-state index in [0.29, 0.717) is 12.3 Å². The number of carboxylic acids is 1. The Balaban J connectivity index is 1.82. The van der Waals surface area contributed by atoms with Gasteiger partial charge in [0.05, 0.1) is 11.8 Å². The second kappa shape index (κ2) is 4.44. The Labute approximate surface area is 95.6 Å². The number of carboxylic acid groups (broad SMARTS) is 1. The van der Waals surface area contributed by atoms with Gasteiger partial charge in [-0.2, -0.15) is 0 Å². The molecular formula is C12H19NO3.